The van der Waals surface area contributed by atoms with Crippen LogP contribution >= 0.6 is 58.8 Å². The van der Waals surface area contributed by atoms with Crippen LogP contribution in [0.3, 0.4) is 0 Å². The lowest BCUT2D eigenvalue weighted by Gasteiger charge is -2.27. The number of rotatable bonds is 9. The summed E-state index contributed by atoms with van der Waals surface area (Å²) >= 11 is 22.3. The minimum atomic E-state index is -1.10. The zero-order valence-electron chi connectivity index (χ0n) is 41.9. The number of carbonyl (C=O) groups is 2. The Balaban J connectivity index is 0.000000248. The van der Waals surface area contributed by atoms with Crippen molar-refractivity contribution in [3.05, 3.63) is 182 Å². The van der Waals surface area contributed by atoms with Gasteiger partial charge in [-0.1, -0.05) is 73.1 Å². The van der Waals surface area contributed by atoms with E-state index in [2.05, 4.69) is 52.4 Å². The molecule has 0 fully saturated rings. The van der Waals surface area contributed by atoms with Gasteiger partial charge >= 0.3 is 12.1 Å². The van der Waals surface area contributed by atoms with Gasteiger partial charge in [-0.15, -0.1) is 56.0 Å². The Morgan fingerprint density at radius 1 is 0.697 bits per heavy atom. The Kier molecular flexibility index (Phi) is 24.8. The lowest BCUT2D eigenvalue weighted by molar-refractivity contribution is 0.180. The van der Waals surface area contributed by atoms with Crippen molar-refractivity contribution in [2.75, 3.05) is 42.2 Å². The molecule has 3 amide bonds. The second-order valence-electron chi connectivity index (χ2n) is 16.9. The number of anilines is 2. The molecule has 4 aromatic heterocycles. The minimum Gasteiger partial charge on any atom is -0.422 e. The maximum atomic E-state index is 12.6. The van der Waals surface area contributed by atoms with Crippen LogP contribution in [0.1, 0.15) is 101 Å². The van der Waals surface area contributed by atoms with Gasteiger partial charge < -0.3 is 39.3 Å². The van der Waals surface area contributed by atoms with Crippen molar-refractivity contribution in [2.24, 2.45) is 0 Å². The Morgan fingerprint density at radius 3 is 1.62 bits per heavy atom. The second-order valence-corrected chi connectivity index (χ2v) is 18.5. The molecule has 404 valence electrons. The van der Waals surface area contributed by atoms with Crippen LogP contribution in [-0.4, -0.2) is 89.1 Å². The topological polar surface area (TPSA) is 227 Å². The summed E-state index contributed by atoms with van der Waals surface area (Å²) in [6.45, 7) is 14.1. The van der Waals surface area contributed by atoms with Gasteiger partial charge in [-0.25, -0.2) is 9.59 Å². The van der Waals surface area contributed by atoms with E-state index in [9.17, 15) is 19.8 Å². The molecule has 0 aliphatic carbocycles. The average Bonchev–Trinajstić information content (AvgIpc) is 4.04. The van der Waals surface area contributed by atoms with Crippen LogP contribution in [0, 0.1) is 41.5 Å². The molecule has 2 aliphatic rings. The van der Waals surface area contributed by atoms with Gasteiger partial charge in [0.15, 0.2) is 12.2 Å². The van der Waals surface area contributed by atoms with Crippen molar-refractivity contribution in [2.45, 2.75) is 74.0 Å². The van der Waals surface area contributed by atoms with E-state index in [1.54, 1.807) is 55.4 Å². The van der Waals surface area contributed by atoms with Crippen molar-refractivity contribution >= 4 is 93.5 Å². The number of aliphatic hydroxyl groups excluding tert-OH is 2. The van der Waals surface area contributed by atoms with E-state index in [-0.39, 0.29) is 43.0 Å². The number of nitrogens with zero attached hydrogens (tertiary/aromatic N) is 7. The van der Waals surface area contributed by atoms with Crippen molar-refractivity contribution in [1.82, 2.24) is 40.6 Å². The van der Waals surface area contributed by atoms with Gasteiger partial charge in [0.1, 0.15) is 5.75 Å². The van der Waals surface area contributed by atoms with E-state index in [1.807, 2.05) is 88.4 Å². The highest BCUT2D eigenvalue weighted by Gasteiger charge is 2.24. The molecular weight excluding hydrogens is 1080 g/mol. The van der Waals surface area contributed by atoms with Crippen LogP contribution < -0.4 is 20.7 Å². The number of nitrogens with one attached hydrogen (secondary N) is 3. The summed E-state index contributed by atoms with van der Waals surface area (Å²) in [4.78, 5) is 34.8. The van der Waals surface area contributed by atoms with Crippen LogP contribution in [0.2, 0.25) is 10.0 Å². The first-order valence-electron chi connectivity index (χ1n) is 23.3. The molecule has 0 saturated carbocycles. The first-order chi connectivity index (χ1) is 35.5. The molecule has 0 bridgehead atoms. The summed E-state index contributed by atoms with van der Waals surface area (Å²) in [7, 11) is 0. The number of halogens is 5. The molecule has 7 aromatic rings. The van der Waals surface area contributed by atoms with E-state index in [0.29, 0.717) is 63.9 Å². The number of carbonyl (C=O) groups excluding carboxylic acids is 2. The Morgan fingerprint density at radius 2 is 1.20 bits per heavy atom. The molecule has 0 radical (unpaired) electrons. The smallest absolute Gasteiger partial charge is 0.417 e. The number of amides is 3. The van der Waals surface area contributed by atoms with E-state index in [1.165, 1.54) is 11.1 Å². The molecule has 3 aromatic carbocycles. The second kappa shape index (κ2) is 30.4. The van der Waals surface area contributed by atoms with Gasteiger partial charge in [0.2, 0.25) is 23.6 Å². The summed E-state index contributed by atoms with van der Waals surface area (Å²) < 4.78 is 15.6. The van der Waals surface area contributed by atoms with Crippen molar-refractivity contribution in [1.29, 1.82) is 0 Å². The standard InChI is InChI=1S/C23H24ClN5O3.C15H15NO2.C14H15ClN4O2.CH2Cl2.CH4.ClH/c1-13-4-5-18(10-14(13)2)26-23(31)29-8-6-16(7-9-29)20-19(24)11-17(12-25-20)21(30)22-28-27-15(3)32-22;1-11-8-9-13(10-12(11)2)16-15(17)18-14-6-4-3-5-7-14;1-8-18-19-14(21-8)13(20)10-6-11(15)12(17-7-10)9-2-4-16-5-3-9;2-1-3;;/h4-6,10-12,21,30H,7-9H2,1-3H3,(H,26,31);3-10H,1-2H3,(H,16,17);2,6-7,13,16,20H,3-5H2,1H3;1H2;1H4;1H. The fourth-order valence-electron chi connectivity index (χ4n) is 7.29. The quantitative estimate of drug-likeness (QED) is 0.0848. The van der Waals surface area contributed by atoms with Gasteiger partial charge in [-0.2, -0.15) is 0 Å². The molecule has 76 heavy (non-hydrogen) atoms. The van der Waals surface area contributed by atoms with Gasteiger partial charge in [0.25, 0.3) is 0 Å². The predicted octanol–water partition coefficient (Wildman–Crippen LogP) is 12.7. The third-order valence-electron chi connectivity index (χ3n) is 11.5. The van der Waals surface area contributed by atoms with Gasteiger partial charge in [0.05, 0.1) is 26.8 Å². The molecular formula is C54H61Cl5N10O7. The fourth-order valence-corrected chi connectivity index (χ4v) is 7.89. The van der Waals surface area contributed by atoms with Crippen LogP contribution in [0.15, 0.2) is 112 Å². The number of benzene rings is 3. The first-order valence-corrected chi connectivity index (χ1v) is 25.1. The van der Waals surface area contributed by atoms with Crippen molar-refractivity contribution in [3.63, 3.8) is 0 Å². The molecule has 2 atom stereocenters. The maximum absolute atomic E-state index is 12.6. The Bertz CT molecular complexity index is 3080. The zero-order chi connectivity index (χ0) is 53.3. The Labute approximate surface area is 468 Å². The third kappa shape index (κ3) is 17.8. The van der Waals surface area contributed by atoms with Crippen LogP contribution in [0.25, 0.3) is 11.1 Å². The number of hydrogen-bond donors (Lipinski definition) is 5. The number of pyridine rings is 2. The molecule has 5 N–H and O–H groups in total. The Hall–Kier alpha value is -6.41. The molecule has 17 nitrogen and oxygen atoms in total. The molecule has 22 heteroatoms. The number of aliphatic hydroxyl groups is 2. The van der Waals surface area contributed by atoms with Crippen LogP contribution in [0.4, 0.5) is 21.0 Å². The van der Waals surface area contributed by atoms with E-state index in [0.717, 1.165) is 58.9 Å². The number of ether oxygens (including phenoxy) is 1. The predicted molar refractivity (Wildman–Crippen MR) is 302 cm³/mol. The van der Waals surface area contributed by atoms with E-state index in [4.69, 9.17) is 60.0 Å². The number of alkyl halides is 2. The van der Waals surface area contributed by atoms with Crippen LogP contribution in [-0.2, 0) is 0 Å². The molecule has 0 spiro atoms. The molecule has 2 aliphatic heterocycles. The van der Waals surface area contributed by atoms with Crippen molar-refractivity contribution < 1.29 is 33.4 Å². The monoisotopic (exact) mass is 1140 g/mol. The average molecular weight is 1140 g/mol. The summed E-state index contributed by atoms with van der Waals surface area (Å²) in [5.74, 6) is 1.53. The van der Waals surface area contributed by atoms with Gasteiger partial charge in [0, 0.05) is 68.4 Å². The lowest BCUT2D eigenvalue weighted by atomic mass is 10.0. The summed E-state index contributed by atoms with van der Waals surface area (Å²) in [6.07, 6.45) is 6.08. The van der Waals surface area contributed by atoms with Crippen LogP contribution in [0.5, 0.6) is 5.75 Å². The first kappa shape index (κ1) is 62.1. The summed E-state index contributed by atoms with van der Waals surface area (Å²) in [6, 6.07) is 23.8. The van der Waals surface area contributed by atoms with Gasteiger partial charge in [-0.05, 0) is 129 Å². The zero-order valence-corrected chi connectivity index (χ0v) is 45.7. The third-order valence-corrected chi connectivity index (χ3v) is 12.1. The molecule has 9 rings (SSSR count). The number of aryl methyl sites for hydroxylation is 6. The highest BCUT2D eigenvalue weighted by atomic mass is 35.5. The van der Waals surface area contributed by atoms with E-state index < -0.39 is 18.3 Å². The summed E-state index contributed by atoms with van der Waals surface area (Å²) in [5, 5.41) is 45.7. The molecule has 0 saturated heterocycles. The summed E-state index contributed by atoms with van der Waals surface area (Å²) in [5.41, 5.74) is 10.6. The molecule has 2 unspecified atom stereocenters. The largest absolute Gasteiger partial charge is 0.422 e. The normalized spacial score (nSPS) is 13.4. The van der Waals surface area contributed by atoms with E-state index >= 15 is 0 Å². The van der Waals surface area contributed by atoms with Crippen molar-refractivity contribution in [3.8, 4) is 5.75 Å². The molecule has 6 heterocycles. The number of para-hydroxylation sites is 1. The highest BCUT2D eigenvalue weighted by Crippen LogP contribution is 2.32. The SMILES string of the molecule is C.Cc1ccc(NC(=O)Oc2ccccc2)cc1C.Cc1nnc(C(O)c2cnc(C3=CCN(C(=O)Nc4ccc(C)c(C)c4)CC3)c(Cl)c2)o1.Cc1nnc(C(O)c2cnc(C3=CCNCC3)c(Cl)c2)o1.Cl.ClCCl. The lowest BCUT2D eigenvalue weighted by Crippen LogP contribution is -2.38. The minimum absolute atomic E-state index is 0. The highest BCUT2D eigenvalue weighted by molar-refractivity contribution is 6.40. The van der Waals surface area contributed by atoms with Gasteiger partial charge in [-0.3, -0.25) is 15.3 Å². The number of aromatic nitrogens is 6. The number of urea groups is 1. The maximum Gasteiger partial charge on any atom is 0.417 e. The fraction of sp³-hybridized carbons (Fsp3) is 0.296. The number of hydrogen-bond acceptors (Lipinski definition) is 14.